The van der Waals surface area contributed by atoms with Gasteiger partial charge in [0.25, 0.3) is 0 Å². The molecule has 2 rings (SSSR count). The van der Waals surface area contributed by atoms with E-state index in [1.807, 2.05) is 0 Å². The molecule has 0 aromatic carbocycles. The molecule has 0 spiro atoms. The second-order valence-corrected chi connectivity index (χ2v) is 8.87. The van der Waals surface area contributed by atoms with Crippen molar-refractivity contribution in [3.05, 3.63) is 0 Å². The average Bonchev–Trinajstić information content (AvgIpc) is 2.83. The zero-order chi connectivity index (χ0) is 25.3. The molecule has 2 saturated heterocycles. The van der Waals surface area contributed by atoms with Gasteiger partial charge in [-0.3, -0.25) is 4.79 Å². The summed E-state index contributed by atoms with van der Waals surface area (Å²) >= 11 is 0. The number of aliphatic hydroxyl groups excluding tert-OH is 7. The van der Waals surface area contributed by atoms with Gasteiger partial charge in [0.1, 0.15) is 42.7 Å². The number of carbonyl (C=O) groups is 1. The van der Waals surface area contributed by atoms with Gasteiger partial charge in [0, 0.05) is 6.42 Å². The summed E-state index contributed by atoms with van der Waals surface area (Å²) in [5, 5.41) is 69.8. The van der Waals surface area contributed by atoms with Gasteiger partial charge in [-0.2, -0.15) is 0 Å². The van der Waals surface area contributed by atoms with Gasteiger partial charge in [-0.1, -0.05) is 45.4 Å². The van der Waals surface area contributed by atoms with E-state index >= 15 is 0 Å². The van der Waals surface area contributed by atoms with Crippen LogP contribution in [0.4, 0.5) is 0 Å². The van der Waals surface area contributed by atoms with Gasteiger partial charge in [-0.15, -0.1) is 0 Å². The van der Waals surface area contributed by atoms with Crippen LogP contribution in [0.2, 0.25) is 0 Å². The van der Waals surface area contributed by atoms with Crippen molar-refractivity contribution in [2.75, 3.05) is 13.2 Å². The van der Waals surface area contributed by atoms with Crippen molar-refractivity contribution in [2.45, 2.75) is 120 Å². The van der Waals surface area contributed by atoms with Crippen LogP contribution < -0.4 is 0 Å². The maximum absolute atomic E-state index is 12.3. The monoisotopic (exact) mass is 496 g/mol. The molecular formula is C22H40O12. The predicted molar refractivity (Wildman–Crippen MR) is 115 cm³/mol. The molecule has 12 nitrogen and oxygen atoms in total. The number of aliphatic hydroxyl groups is 7. The summed E-state index contributed by atoms with van der Waals surface area (Å²) in [5.74, 6) is -0.637. The van der Waals surface area contributed by atoms with Crippen molar-refractivity contribution in [1.29, 1.82) is 0 Å². The molecule has 34 heavy (non-hydrogen) atoms. The topological polar surface area (TPSA) is 196 Å². The van der Waals surface area contributed by atoms with E-state index < -0.39 is 80.6 Å². The summed E-state index contributed by atoms with van der Waals surface area (Å²) < 4.78 is 21.3. The highest BCUT2D eigenvalue weighted by Crippen LogP contribution is 2.29. The molecule has 200 valence electrons. The van der Waals surface area contributed by atoms with Crippen LogP contribution in [0.3, 0.4) is 0 Å². The Morgan fingerprint density at radius 3 is 1.82 bits per heavy atom. The first kappa shape index (κ1) is 29.3. The van der Waals surface area contributed by atoms with Gasteiger partial charge < -0.3 is 54.7 Å². The largest absolute Gasteiger partial charge is 0.456 e. The van der Waals surface area contributed by atoms with E-state index in [4.69, 9.17) is 18.9 Å². The Morgan fingerprint density at radius 2 is 1.24 bits per heavy atom. The minimum absolute atomic E-state index is 0.0899. The molecule has 0 unspecified atom stereocenters. The fourth-order valence-corrected chi connectivity index (χ4v) is 4.05. The van der Waals surface area contributed by atoms with Gasteiger partial charge in [0.15, 0.2) is 18.7 Å². The van der Waals surface area contributed by atoms with Crippen LogP contribution in [0, 0.1) is 0 Å². The van der Waals surface area contributed by atoms with Crippen LogP contribution in [0.1, 0.15) is 58.3 Å². The molecular weight excluding hydrogens is 456 g/mol. The highest BCUT2D eigenvalue weighted by Gasteiger charge is 2.51. The number of esters is 1. The number of rotatable bonds is 13. The summed E-state index contributed by atoms with van der Waals surface area (Å²) in [7, 11) is 0. The Hall–Kier alpha value is -0.930. The fraction of sp³-hybridized carbons (Fsp3) is 0.955. The highest BCUT2D eigenvalue weighted by molar-refractivity contribution is 5.69. The number of unbranched alkanes of at least 4 members (excludes halogenated alkanes) is 6. The SMILES string of the molecule is CCCCCCCCCC(=O)O[C@@H]1[C@@H](O)[C@@H](O[C@H]2O[C@H](CO)[C@@H](O)[C@H](O)[C@H]2O)O[C@H](CO)[C@H]1O. The molecule has 7 N–H and O–H groups in total. The highest BCUT2D eigenvalue weighted by atomic mass is 16.8. The Bertz CT molecular complexity index is 590. The molecule has 0 aliphatic carbocycles. The molecule has 2 aliphatic rings. The van der Waals surface area contributed by atoms with Crippen LogP contribution >= 0.6 is 0 Å². The number of ether oxygens (including phenoxy) is 4. The summed E-state index contributed by atoms with van der Waals surface area (Å²) in [6.07, 6.45) is -8.53. The van der Waals surface area contributed by atoms with E-state index in [1.54, 1.807) is 0 Å². The van der Waals surface area contributed by atoms with Gasteiger partial charge in [0.05, 0.1) is 13.2 Å². The zero-order valence-electron chi connectivity index (χ0n) is 19.5. The average molecular weight is 497 g/mol. The Balaban J connectivity index is 1.94. The van der Waals surface area contributed by atoms with Gasteiger partial charge in [-0.05, 0) is 6.42 Å². The smallest absolute Gasteiger partial charge is 0.306 e. The summed E-state index contributed by atoms with van der Waals surface area (Å²) in [5.41, 5.74) is 0. The van der Waals surface area contributed by atoms with Crippen LogP contribution in [-0.4, -0.2) is 116 Å². The lowest BCUT2D eigenvalue weighted by atomic mass is 9.98. The molecule has 0 saturated carbocycles. The maximum Gasteiger partial charge on any atom is 0.306 e. The second kappa shape index (κ2) is 14.6. The first-order chi connectivity index (χ1) is 16.2. The Morgan fingerprint density at radius 1 is 0.706 bits per heavy atom. The first-order valence-corrected chi connectivity index (χ1v) is 12.0. The molecule has 2 fully saturated rings. The lowest BCUT2D eigenvalue weighted by Gasteiger charge is -2.45. The minimum atomic E-state index is -1.76. The lowest BCUT2D eigenvalue weighted by Crippen LogP contribution is -2.64. The standard InChI is InChI=1S/C22H40O12/c1-2-3-4-5-6-7-8-9-14(25)33-20-16(27)13(11-24)32-22(19(20)30)34-21-18(29)17(28)15(26)12(10-23)31-21/h12-13,15-24,26-30H,2-11H2,1H3/t12-,13-,15-,16-,17+,18-,19-,20+,21-,22-/m1/s1. The van der Waals surface area contributed by atoms with Crippen molar-refractivity contribution >= 4 is 5.97 Å². The second-order valence-electron chi connectivity index (χ2n) is 8.87. The Kier molecular flexibility index (Phi) is 12.6. The van der Waals surface area contributed by atoms with E-state index in [2.05, 4.69) is 6.92 Å². The van der Waals surface area contributed by atoms with Gasteiger partial charge >= 0.3 is 5.97 Å². The fourth-order valence-electron chi connectivity index (χ4n) is 4.05. The van der Waals surface area contributed by atoms with Crippen LogP contribution in [0.25, 0.3) is 0 Å². The van der Waals surface area contributed by atoms with Crippen LogP contribution in [0.5, 0.6) is 0 Å². The van der Waals surface area contributed by atoms with E-state index in [0.29, 0.717) is 6.42 Å². The summed E-state index contributed by atoms with van der Waals surface area (Å²) in [6.45, 7) is 0.764. The number of hydrogen-bond acceptors (Lipinski definition) is 12. The van der Waals surface area contributed by atoms with Gasteiger partial charge in [0.2, 0.25) is 0 Å². The van der Waals surface area contributed by atoms with Crippen molar-refractivity contribution in [3.8, 4) is 0 Å². The van der Waals surface area contributed by atoms with Crippen molar-refractivity contribution in [2.24, 2.45) is 0 Å². The first-order valence-electron chi connectivity index (χ1n) is 12.0. The molecule has 0 aromatic rings. The minimum Gasteiger partial charge on any atom is -0.456 e. The number of hydrogen-bond donors (Lipinski definition) is 7. The van der Waals surface area contributed by atoms with E-state index in [-0.39, 0.29) is 6.42 Å². The molecule has 10 atom stereocenters. The zero-order valence-corrected chi connectivity index (χ0v) is 19.5. The van der Waals surface area contributed by atoms with E-state index in [0.717, 1.165) is 32.1 Å². The predicted octanol–water partition coefficient (Wildman–Crippen LogP) is -1.71. The van der Waals surface area contributed by atoms with Crippen LogP contribution in [-0.2, 0) is 23.7 Å². The van der Waals surface area contributed by atoms with Gasteiger partial charge in [-0.25, -0.2) is 0 Å². The third-order valence-electron chi connectivity index (χ3n) is 6.19. The molecule has 0 aromatic heterocycles. The van der Waals surface area contributed by atoms with Crippen molar-refractivity contribution < 1.29 is 59.5 Å². The summed E-state index contributed by atoms with van der Waals surface area (Å²) in [6, 6.07) is 0. The van der Waals surface area contributed by atoms with Crippen molar-refractivity contribution in [3.63, 3.8) is 0 Å². The normalized spacial score (nSPS) is 38.6. The van der Waals surface area contributed by atoms with E-state index in [9.17, 15) is 40.5 Å². The summed E-state index contributed by atoms with van der Waals surface area (Å²) in [4.78, 5) is 12.3. The molecule has 2 heterocycles. The Labute approximate surface area is 199 Å². The maximum atomic E-state index is 12.3. The lowest BCUT2D eigenvalue weighted by molar-refractivity contribution is -0.376. The van der Waals surface area contributed by atoms with Crippen molar-refractivity contribution in [1.82, 2.24) is 0 Å². The molecule has 12 heteroatoms. The molecule has 0 radical (unpaired) electrons. The van der Waals surface area contributed by atoms with E-state index in [1.165, 1.54) is 6.42 Å². The van der Waals surface area contributed by atoms with Crippen LogP contribution in [0.15, 0.2) is 0 Å². The molecule has 0 amide bonds. The molecule has 0 bridgehead atoms. The third-order valence-corrected chi connectivity index (χ3v) is 6.19. The number of carbonyl (C=O) groups excluding carboxylic acids is 1. The third kappa shape index (κ3) is 7.79. The molecule has 2 aliphatic heterocycles. The quantitative estimate of drug-likeness (QED) is 0.113.